The molecule has 1 unspecified atom stereocenters. The number of anilines is 1. The van der Waals surface area contributed by atoms with Gasteiger partial charge < -0.3 is 10.2 Å². The van der Waals surface area contributed by atoms with E-state index in [4.69, 9.17) is 0 Å². The largest absolute Gasteiger partial charge is 0.345 e. The fourth-order valence-electron chi connectivity index (χ4n) is 2.32. The van der Waals surface area contributed by atoms with Crippen LogP contribution in [0.15, 0.2) is 6.20 Å². The van der Waals surface area contributed by atoms with Crippen LogP contribution < -0.4 is 10.2 Å². The summed E-state index contributed by atoms with van der Waals surface area (Å²) >= 11 is 1.84. The van der Waals surface area contributed by atoms with Crippen LogP contribution in [-0.2, 0) is 6.54 Å². The summed E-state index contributed by atoms with van der Waals surface area (Å²) in [5.41, 5.74) is 0. The average Bonchev–Trinajstić information content (AvgIpc) is 2.69. The molecule has 1 N–H and O–H groups in total. The summed E-state index contributed by atoms with van der Waals surface area (Å²) in [4.78, 5) is 8.43. The molecule has 2 rings (SSSR count). The van der Waals surface area contributed by atoms with Crippen LogP contribution in [0.25, 0.3) is 0 Å². The van der Waals surface area contributed by atoms with E-state index < -0.39 is 0 Å². The quantitative estimate of drug-likeness (QED) is 0.894. The summed E-state index contributed by atoms with van der Waals surface area (Å²) in [5, 5.41) is 4.57. The lowest BCUT2D eigenvalue weighted by Gasteiger charge is -2.26. The number of aromatic nitrogens is 1. The second kappa shape index (κ2) is 6.36. The first-order valence-corrected chi connectivity index (χ1v) is 7.55. The van der Waals surface area contributed by atoms with Crippen LogP contribution >= 0.6 is 11.3 Å². The van der Waals surface area contributed by atoms with E-state index in [0.29, 0.717) is 6.04 Å². The van der Waals surface area contributed by atoms with E-state index in [2.05, 4.69) is 29.0 Å². The van der Waals surface area contributed by atoms with Crippen molar-refractivity contribution in [1.82, 2.24) is 10.3 Å². The van der Waals surface area contributed by atoms with Crippen molar-refractivity contribution in [3.63, 3.8) is 0 Å². The molecular formula is C13H23N3S. The maximum Gasteiger partial charge on any atom is 0.185 e. The molecule has 0 saturated carbocycles. The van der Waals surface area contributed by atoms with Gasteiger partial charge in [-0.3, -0.25) is 0 Å². The fraction of sp³-hybridized carbons (Fsp3) is 0.769. The van der Waals surface area contributed by atoms with Crippen molar-refractivity contribution in [2.24, 2.45) is 0 Å². The Morgan fingerprint density at radius 3 is 3.18 bits per heavy atom. The Balaban J connectivity index is 2.01. The summed E-state index contributed by atoms with van der Waals surface area (Å²) in [6, 6.07) is 0.649. The molecule has 1 atom stereocenters. The van der Waals surface area contributed by atoms with Gasteiger partial charge in [-0.15, -0.1) is 11.3 Å². The van der Waals surface area contributed by atoms with Gasteiger partial charge in [-0.1, -0.05) is 19.8 Å². The van der Waals surface area contributed by atoms with Gasteiger partial charge in [0.05, 0.1) is 0 Å². The highest BCUT2D eigenvalue weighted by Gasteiger charge is 2.19. The summed E-state index contributed by atoms with van der Waals surface area (Å²) < 4.78 is 0. The zero-order valence-corrected chi connectivity index (χ0v) is 11.7. The van der Waals surface area contributed by atoms with Crippen molar-refractivity contribution < 1.29 is 0 Å². The topological polar surface area (TPSA) is 28.2 Å². The predicted octanol–water partition coefficient (Wildman–Crippen LogP) is 3.02. The normalized spacial score (nSPS) is 21.5. The molecule has 1 aliphatic heterocycles. The van der Waals surface area contributed by atoms with Gasteiger partial charge in [0.25, 0.3) is 0 Å². The van der Waals surface area contributed by atoms with Crippen molar-refractivity contribution in [3.05, 3.63) is 11.1 Å². The third kappa shape index (κ3) is 3.42. The summed E-state index contributed by atoms with van der Waals surface area (Å²) in [5.74, 6) is 0. The second-order valence-corrected chi connectivity index (χ2v) is 5.87. The molecule has 0 radical (unpaired) electrons. The Hall–Kier alpha value is -0.610. The van der Waals surface area contributed by atoms with Crippen LogP contribution in [-0.4, -0.2) is 24.1 Å². The Kier molecular flexibility index (Phi) is 4.80. The smallest absolute Gasteiger partial charge is 0.185 e. The zero-order valence-electron chi connectivity index (χ0n) is 10.9. The number of hydrogen-bond acceptors (Lipinski definition) is 4. The molecule has 1 aromatic heterocycles. The van der Waals surface area contributed by atoms with E-state index in [9.17, 15) is 0 Å². The Morgan fingerprint density at radius 1 is 1.47 bits per heavy atom. The van der Waals surface area contributed by atoms with E-state index in [-0.39, 0.29) is 0 Å². The fourth-order valence-corrected chi connectivity index (χ4v) is 3.33. The number of nitrogens with one attached hydrogen (secondary N) is 1. The Bertz CT molecular complexity index is 337. The summed E-state index contributed by atoms with van der Waals surface area (Å²) in [7, 11) is 0. The molecule has 17 heavy (non-hydrogen) atoms. The number of hydrogen-bond donors (Lipinski definition) is 1. The first-order chi connectivity index (χ1) is 8.31. The van der Waals surface area contributed by atoms with Gasteiger partial charge in [0.1, 0.15) is 0 Å². The molecule has 0 spiro atoms. The van der Waals surface area contributed by atoms with Crippen molar-refractivity contribution in [2.75, 3.05) is 18.0 Å². The highest BCUT2D eigenvalue weighted by Crippen LogP contribution is 2.28. The van der Waals surface area contributed by atoms with Crippen LogP contribution in [0, 0.1) is 0 Å². The number of nitrogens with zero attached hydrogens (tertiary/aromatic N) is 2. The van der Waals surface area contributed by atoms with Crippen molar-refractivity contribution in [2.45, 2.75) is 52.1 Å². The molecular weight excluding hydrogens is 230 g/mol. The highest BCUT2D eigenvalue weighted by molar-refractivity contribution is 7.15. The SMILES string of the molecule is CCNCc1cnc(N2CCCCCC2C)s1. The maximum absolute atomic E-state index is 4.59. The van der Waals surface area contributed by atoms with E-state index in [1.807, 2.05) is 17.5 Å². The predicted molar refractivity (Wildman–Crippen MR) is 74.8 cm³/mol. The lowest BCUT2D eigenvalue weighted by Crippen LogP contribution is -2.32. The molecule has 4 heteroatoms. The Morgan fingerprint density at radius 2 is 2.35 bits per heavy atom. The van der Waals surface area contributed by atoms with Crippen LogP contribution in [0.3, 0.4) is 0 Å². The van der Waals surface area contributed by atoms with Gasteiger partial charge in [0.15, 0.2) is 5.13 Å². The van der Waals surface area contributed by atoms with Gasteiger partial charge in [-0.05, 0) is 26.3 Å². The maximum atomic E-state index is 4.59. The molecule has 3 nitrogen and oxygen atoms in total. The molecule has 1 fully saturated rings. The van der Waals surface area contributed by atoms with Crippen molar-refractivity contribution in [3.8, 4) is 0 Å². The minimum absolute atomic E-state index is 0.649. The molecule has 96 valence electrons. The number of rotatable bonds is 4. The monoisotopic (exact) mass is 253 g/mol. The third-order valence-electron chi connectivity index (χ3n) is 3.39. The standard InChI is InChI=1S/C13H23N3S/c1-3-14-9-12-10-15-13(17-12)16-8-6-4-5-7-11(16)2/h10-11,14H,3-9H2,1-2H3. The van der Waals surface area contributed by atoms with Crippen LogP contribution in [0.4, 0.5) is 5.13 Å². The summed E-state index contributed by atoms with van der Waals surface area (Å²) in [6.45, 7) is 7.62. The third-order valence-corrected chi connectivity index (χ3v) is 4.42. The summed E-state index contributed by atoms with van der Waals surface area (Å²) in [6.07, 6.45) is 7.39. The molecule has 1 saturated heterocycles. The molecule has 0 aromatic carbocycles. The first kappa shape index (κ1) is 12.8. The molecule has 0 amide bonds. The lowest BCUT2D eigenvalue weighted by atomic mass is 10.1. The molecule has 2 heterocycles. The van der Waals surface area contributed by atoms with E-state index in [1.54, 1.807) is 0 Å². The lowest BCUT2D eigenvalue weighted by molar-refractivity contribution is 0.615. The highest BCUT2D eigenvalue weighted by atomic mass is 32.1. The van der Waals surface area contributed by atoms with E-state index in [1.165, 1.54) is 42.2 Å². The molecule has 1 aliphatic rings. The van der Waals surface area contributed by atoms with Gasteiger partial charge in [0.2, 0.25) is 0 Å². The van der Waals surface area contributed by atoms with Gasteiger partial charge in [-0.25, -0.2) is 4.98 Å². The van der Waals surface area contributed by atoms with Crippen LogP contribution in [0.2, 0.25) is 0 Å². The molecule has 0 aliphatic carbocycles. The Labute approximate surface area is 108 Å². The first-order valence-electron chi connectivity index (χ1n) is 6.73. The van der Waals surface area contributed by atoms with E-state index in [0.717, 1.165) is 13.1 Å². The van der Waals surface area contributed by atoms with Gasteiger partial charge in [0, 0.05) is 30.2 Å². The molecule has 1 aromatic rings. The van der Waals surface area contributed by atoms with Gasteiger partial charge >= 0.3 is 0 Å². The van der Waals surface area contributed by atoms with Crippen LogP contribution in [0.1, 0.15) is 44.4 Å². The average molecular weight is 253 g/mol. The number of thiazole rings is 1. The van der Waals surface area contributed by atoms with Crippen molar-refractivity contribution in [1.29, 1.82) is 0 Å². The van der Waals surface area contributed by atoms with Crippen molar-refractivity contribution >= 4 is 16.5 Å². The second-order valence-electron chi connectivity index (χ2n) is 4.78. The van der Waals surface area contributed by atoms with Gasteiger partial charge in [-0.2, -0.15) is 0 Å². The molecule has 0 bridgehead atoms. The minimum atomic E-state index is 0.649. The minimum Gasteiger partial charge on any atom is -0.345 e. The van der Waals surface area contributed by atoms with E-state index >= 15 is 0 Å². The van der Waals surface area contributed by atoms with Crippen LogP contribution in [0.5, 0.6) is 0 Å². The zero-order chi connectivity index (χ0) is 12.1.